The van der Waals surface area contributed by atoms with Crippen molar-refractivity contribution in [2.75, 3.05) is 13.1 Å². The minimum atomic E-state index is -0.126. The number of aromatic nitrogens is 1. The van der Waals surface area contributed by atoms with E-state index in [2.05, 4.69) is 43.7 Å². The van der Waals surface area contributed by atoms with E-state index < -0.39 is 0 Å². The number of rotatable bonds is 6. The van der Waals surface area contributed by atoms with Crippen molar-refractivity contribution in [2.24, 2.45) is 46.3 Å². The fraction of sp³-hybridized carbons (Fsp3) is 0.771. The highest BCUT2D eigenvalue weighted by Gasteiger charge is 2.59. The summed E-state index contributed by atoms with van der Waals surface area (Å²) >= 11 is 0. The number of carbonyl (C=O) groups excluding carboxylic acids is 1. The first-order chi connectivity index (χ1) is 19.2. The van der Waals surface area contributed by atoms with Gasteiger partial charge in [0.15, 0.2) is 0 Å². The smallest absolute Gasteiger partial charge is 0.222 e. The van der Waals surface area contributed by atoms with Gasteiger partial charge in [-0.15, -0.1) is 0 Å². The Labute approximate surface area is 242 Å². The first-order valence-corrected chi connectivity index (χ1v) is 16.4. The summed E-state index contributed by atoms with van der Waals surface area (Å²) in [5.74, 6) is 5.27. The lowest BCUT2D eigenvalue weighted by Gasteiger charge is -2.58. The Morgan fingerprint density at radius 2 is 1.93 bits per heavy atom. The number of aliphatic hydroxyl groups is 1. The average Bonchev–Trinajstić information content (AvgIpc) is 3.31. The number of amides is 1. The largest absolute Gasteiger partial charge is 0.490 e. The molecule has 0 aromatic carbocycles. The van der Waals surface area contributed by atoms with Gasteiger partial charge in [0.25, 0.3) is 0 Å². The SMILES string of the molecule is C[C@H](CCC(=O)N1CC[C@H](Oc2ccncc2)[C@@H](C)C1)[C@H]1CC[C@H]2[C@@H]3CC=C4C[C@@H](O)CC[C@]4(C)[C@H]3CC[C@]12C. The van der Waals surface area contributed by atoms with Gasteiger partial charge in [-0.25, -0.2) is 0 Å². The fourth-order valence-electron chi connectivity index (χ4n) is 10.4. The van der Waals surface area contributed by atoms with Crippen molar-refractivity contribution in [1.29, 1.82) is 0 Å². The molecule has 4 fully saturated rings. The zero-order chi connectivity index (χ0) is 28.1. The highest BCUT2D eigenvalue weighted by atomic mass is 16.5. The molecule has 1 aromatic heterocycles. The lowest BCUT2D eigenvalue weighted by molar-refractivity contribution is -0.135. The van der Waals surface area contributed by atoms with Gasteiger partial charge in [0.1, 0.15) is 11.9 Å². The molecule has 1 amide bonds. The minimum Gasteiger partial charge on any atom is -0.490 e. The maximum Gasteiger partial charge on any atom is 0.222 e. The third-order valence-corrected chi connectivity index (χ3v) is 12.8. The van der Waals surface area contributed by atoms with Crippen LogP contribution in [0, 0.1) is 46.3 Å². The number of likely N-dealkylation sites (tertiary alicyclic amines) is 1. The molecule has 0 unspecified atom stereocenters. The van der Waals surface area contributed by atoms with Crippen molar-refractivity contribution in [3.8, 4) is 5.75 Å². The molecule has 0 bridgehead atoms. The summed E-state index contributed by atoms with van der Waals surface area (Å²) in [7, 11) is 0. The second-order valence-electron chi connectivity index (χ2n) is 14.8. The molecule has 220 valence electrons. The molecule has 5 heteroatoms. The van der Waals surface area contributed by atoms with E-state index in [0.29, 0.717) is 35.0 Å². The Kier molecular flexibility index (Phi) is 7.82. The van der Waals surface area contributed by atoms with E-state index in [4.69, 9.17) is 4.74 Å². The third kappa shape index (κ3) is 5.03. The Balaban J connectivity index is 1.03. The Hall–Kier alpha value is -1.88. The Morgan fingerprint density at radius 1 is 1.12 bits per heavy atom. The molecule has 1 aliphatic heterocycles. The van der Waals surface area contributed by atoms with Gasteiger partial charge < -0.3 is 14.7 Å². The molecule has 0 spiro atoms. The number of hydrogen-bond donors (Lipinski definition) is 1. The Morgan fingerprint density at radius 3 is 2.70 bits per heavy atom. The predicted octanol–water partition coefficient (Wildman–Crippen LogP) is 7.05. The molecule has 40 heavy (non-hydrogen) atoms. The summed E-state index contributed by atoms with van der Waals surface area (Å²) in [6.07, 6.45) is 18.4. The van der Waals surface area contributed by atoms with Gasteiger partial charge in [-0.3, -0.25) is 9.78 Å². The van der Waals surface area contributed by atoms with Gasteiger partial charge in [0.05, 0.1) is 6.10 Å². The van der Waals surface area contributed by atoms with E-state index in [0.717, 1.165) is 74.6 Å². The maximum atomic E-state index is 13.3. The second kappa shape index (κ2) is 11.1. The maximum absolute atomic E-state index is 13.3. The zero-order valence-corrected chi connectivity index (χ0v) is 25.4. The first-order valence-electron chi connectivity index (χ1n) is 16.4. The molecule has 1 aromatic rings. The van der Waals surface area contributed by atoms with Gasteiger partial charge >= 0.3 is 0 Å². The highest BCUT2D eigenvalue weighted by molar-refractivity contribution is 5.76. The zero-order valence-electron chi connectivity index (χ0n) is 25.4. The predicted molar refractivity (Wildman–Crippen MR) is 159 cm³/mol. The number of pyridine rings is 1. The van der Waals surface area contributed by atoms with Gasteiger partial charge in [-0.05, 0) is 110 Å². The number of piperidine rings is 1. The molecule has 4 aliphatic carbocycles. The average molecular weight is 549 g/mol. The minimum absolute atomic E-state index is 0.126. The highest BCUT2D eigenvalue weighted by Crippen LogP contribution is 2.67. The molecule has 1 N–H and O–H groups in total. The van der Waals surface area contributed by atoms with Crippen molar-refractivity contribution in [3.63, 3.8) is 0 Å². The van der Waals surface area contributed by atoms with Crippen LogP contribution in [0.25, 0.3) is 0 Å². The van der Waals surface area contributed by atoms with E-state index in [1.165, 1.54) is 32.1 Å². The summed E-state index contributed by atoms with van der Waals surface area (Å²) < 4.78 is 6.21. The van der Waals surface area contributed by atoms with E-state index in [1.54, 1.807) is 18.0 Å². The Bertz CT molecular complexity index is 1090. The summed E-state index contributed by atoms with van der Waals surface area (Å²) in [6, 6.07) is 3.83. The number of nitrogens with zero attached hydrogens (tertiary/aromatic N) is 2. The molecule has 0 radical (unpaired) electrons. The van der Waals surface area contributed by atoms with E-state index >= 15 is 0 Å². The van der Waals surface area contributed by atoms with Gasteiger partial charge in [-0.2, -0.15) is 0 Å². The quantitative estimate of drug-likeness (QED) is 0.387. The van der Waals surface area contributed by atoms with Crippen molar-refractivity contribution < 1.29 is 14.6 Å². The standard InChI is InChI=1S/C35H52N2O3/c1-23(5-10-33(39)37-20-15-32(24(2)22-37)40-27-13-18-36-19-14-27)29-8-9-30-28-7-6-25-21-26(38)11-16-34(25,3)31(28)12-17-35(29,30)4/h6,13-14,18-19,23-24,26,28-32,38H,5,7-12,15-17,20-22H2,1-4H3/t23-,24+,26+,28+,29-,30+,31+,32+,34+,35-/m1/s1. The molecule has 2 heterocycles. The van der Waals surface area contributed by atoms with Crippen molar-refractivity contribution in [2.45, 2.75) is 111 Å². The van der Waals surface area contributed by atoms with Gasteiger partial charge in [-0.1, -0.05) is 39.3 Å². The van der Waals surface area contributed by atoms with Crippen molar-refractivity contribution in [3.05, 3.63) is 36.2 Å². The number of ether oxygens (including phenoxy) is 1. The first kappa shape index (κ1) is 28.2. The van der Waals surface area contributed by atoms with Crippen LogP contribution in [0.1, 0.15) is 98.3 Å². The molecular formula is C35H52N2O3. The fourth-order valence-corrected chi connectivity index (χ4v) is 10.4. The molecule has 3 saturated carbocycles. The molecule has 5 nitrogen and oxygen atoms in total. The van der Waals surface area contributed by atoms with Crippen LogP contribution in [0.15, 0.2) is 36.2 Å². The molecule has 6 rings (SSSR count). The summed E-state index contributed by atoms with van der Waals surface area (Å²) in [4.78, 5) is 19.5. The molecular weight excluding hydrogens is 496 g/mol. The van der Waals surface area contributed by atoms with Crippen molar-refractivity contribution >= 4 is 5.91 Å². The van der Waals surface area contributed by atoms with Crippen LogP contribution in [0.3, 0.4) is 0 Å². The topological polar surface area (TPSA) is 62.7 Å². The van der Waals surface area contributed by atoms with Crippen LogP contribution >= 0.6 is 0 Å². The van der Waals surface area contributed by atoms with Crippen LogP contribution in [0.2, 0.25) is 0 Å². The summed E-state index contributed by atoms with van der Waals surface area (Å²) in [5.41, 5.74) is 2.30. The lowest BCUT2D eigenvalue weighted by atomic mass is 9.47. The van der Waals surface area contributed by atoms with Gasteiger partial charge in [0.2, 0.25) is 5.91 Å². The van der Waals surface area contributed by atoms with E-state index in [1.807, 2.05) is 12.1 Å². The molecule has 10 atom stereocenters. The second-order valence-corrected chi connectivity index (χ2v) is 14.8. The van der Waals surface area contributed by atoms with E-state index in [9.17, 15) is 9.90 Å². The number of hydrogen-bond acceptors (Lipinski definition) is 4. The van der Waals surface area contributed by atoms with Crippen LogP contribution < -0.4 is 4.74 Å². The van der Waals surface area contributed by atoms with Gasteiger partial charge in [0, 0.05) is 44.2 Å². The summed E-state index contributed by atoms with van der Waals surface area (Å²) in [5, 5.41) is 10.3. The lowest BCUT2D eigenvalue weighted by Crippen LogP contribution is -2.50. The molecule has 1 saturated heterocycles. The monoisotopic (exact) mass is 548 g/mol. The van der Waals surface area contributed by atoms with Crippen molar-refractivity contribution in [1.82, 2.24) is 9.88 Å². The molecule has 5 aliphatic rings. The summed E-state index contributed by atoms with van der Waals surface area (Å²) in [6.45, 7) is 11.4. The van der Waals surface area contributed by atoms with Crippen LogP contribution in [0.4, 0.5) is 0 Å². The number of carbonyl (C=O) groups is 1. The normalized spacial score (nSPS) is 41.8. The number of allylic oxidation sites excluding steroid dienone is 1. The third-order valence-electron chi connectivity index (χ3n) is 12.8. The van der Waals surface area contributed by atoms with Crippen LogP contribution in [-0.4, -0.2) is 46.2 Å². The number of aliphatic hydroxyl groups excluding tert-OH is 1. The van der Waals surface area contributed by atoms with Crippen LogP contribution in [0.5, 0.6) is 5.75 Å². The number of fused-ring (bicyclic) bond motifs is 5. The van der Waals surface area contributed by atoms with Crippen LogP contribution in [-0.2, 0) is 4.79 Å². The van der Waals surface area contributed by atoms with E-state index in [-0.39, 0.29) is 12.2 Å².